The molecule has 1 aliphatic carbocycles. The number of nitrogens with one attached hydrogen (secondary N) is 1. The standard InChI is InChI=1S/C24H27N5O2/c1-16(2)27-22(30)20-15-18-7-6-17(8-12-24(31)10-4-3-5-11-24)14-19(18)29(20)21-9-13-26-23(25)28-21/h6-7,9,13-16,31H,3-5,10-11H2,1-2H3,(H,27,30)(H2,25,26,28). The first-order chi connectivity index (χ1) is 14.8. The van der Waals surface area contributed by atoms with E-state index in [9.17, 15) is 9.90 Å². The summed E-state index contributed by atoms with van der Waals surface area (Å²) < 4.78 is 1.77. The first-order valence-electron chi connectivity index (χ1n) is 10.7. The number of hydrogen-bond acceptors (Lipinski definition) is 5. The van der Waals surface area contributed by atoms with Crippen molar-refractivity contribution in [2.24, 2.45) is 0 Å². The molecule has 0 radical (unpaired) electrons. The molecule has 0 spiro atoms. The number of nitrogens with zero attached hydrogens (tertiary/aromatic N) is 3. The van der Waals surface area contributed by atoms with Gasteiger partial charge in [-0.05, 0) is 63.8 Å². The highest BCUT2D eigenvalue weighted by Crippen LogP contribution is 2.28. The Kier molecular flexibility index (Phi) is 5.66. The van der Waals surface area contributed by atoms with Crippen LogP contribution in [0.3, 0.4) is 0 Å². The van der Waals surface area contributed by atoms with E-state index in [0.717, 1.165) is 35.7 Å². The van der Waals surface area contributed by atoms with Crippen LogP contribution in [0.4, 0.5) is 5.95 Å². The van der Waals surface area contributed by atoms with Gasteiger partial charge in [0.25, 0.3) is 5.91 Å². The van der Waals surface area contributed by atoms with Gasteiger partial charge in [0.05, 0.1) is 5.52 Å². The summed E-state index contributed by atoms with van der Waals surface area (Å²) in [6, 6.07) is 9.29. The Morgan fingerprint density at radius 1 is 1.23 bits per heavy atom. The molecule has 0 saturated heterocycles. The third kappa shape index (κ3) is 4.54. The molecule has 2 heterocycles. The topological polar surface area (TPSA) is 106 Å². The second kappa shape index (κ2) is 8.40. The molecule has 7 heteroatoms. The number of amides is 1. The van der Waals surface area contributed by atoms with Gasteiger partial charge in [0.15, 0.2) is 0 Å². The van der Waals surface area contributed by atoms with Crippen LogP contribution in [0.1, 0.15) is 62.0 Å². The highest BCUT2D eigenvalue weighted by atomic mass is 16.3. The van der Waals surface area contributed by atoms with Crippen molar-refractivity contribution in [3.8, 4) is 17.7 Å². The van der Waals surface area contributed by atoms with Crippen LogP contribution in [0.2, 0.25) is 0 Å². The quantitative estimate of drug-likeness (QED) is 0.568. The number of benzene rings is 1. The first-order valence-corrected chi connectivity index (χ1v) is 10.7. The Balaban J connectivity index is 1.82. The van der Waals surface area contributed by atoms with Crippen LogP contribution >= 0.6 is 0 Å². The summed E-state index contributed by atoms with van der Waals surface area (Å²) in [6.07, 6.45) is 6.12. The molecule has 0 atom stereocenters. The summed E-state index contributed by atoms with van der Waals surface area (Å²) in [5, 5.41) is 14.5. The number of nitrogen functional groups attached to an aromatic ring is 1. The fraction of sp³-hybridized carbons (Fsp3) is 0.375. The molecule has 7 nitrogen and oxygen atoms in total. The van der Waals surface area contributed by atoms with E-state index in [1.165, 1.54) is 0 Å². The summed E-state index contributed by atoms with van der Waals surface area (Å²) in [5.41, 5.74) is 6.90. The average Bonchev–Trinajstić information content (AvgIpc) is 3.11. The van der Waals surface area contributed by atoms with E-state index in [-0.39, 0.29) is 17.9 Å². The molecular weight excluding hydrogens is 390 g/mol. The van der Waals surface area contributed by atoms with E-state index in [2.05, 4.69) is 27.1 Å². The van der Waals surface area contributed by atoms with Crippen molar-refractivity contribution in [2.75, 3.05) is 5.73 Å². The SMILES string of the molecule is CC(C)NC(=O)c1cc2ccc(C#CC3(O)CCCCC3)cc2n1-c1ccnc(N)n1. The van der Waals surface area contributed by atoms with Crippen molar-refractivity contribution in [1.29, 1.82) is 0 Å². The fourth-order valence-electron chi connectivity index (χ4n) is 3.97. The van der Waals surface area contributed by atoms with Crippen LogP contribution in [0.5, 0.6) is 0 Å². The van der Waals surface area contributed by atoms with E-state index in [1.807, 2.05) is 38.1 Å². The minimum absolute atomic E-state index is 0.00732. The number of nitrogens with two attached hydrogens (primary N) is 1. The van der Waals surface area contributed by atoms with Crippen LogP contribution in [0.15, 0.2) is 36.5 Å². The summed E-state index contributed by atoms with van der Waals surface area (Å²) in [5.74, 6) is 6.65. The molecule has 2 aromatic heterocycles. The lowest BCUT2D eigenvalue weighted by atomic mass is 9.85. The number of carbonyl (C=O) groups excluding carboxylic acids is 1. The lowest BCUT2D eigenvalue weighted by Gasteiger charge is -2.26. The number of aliphatic hydroxyl groups is 1. The molecule has 160 valence electrons. The maximum absolute atomic E-state index is 12.9. The number of hydrogen-bond donors (Lipinski definition) is 3. The zero-order valence-corrected chi connectivity index (χ0v) is 17.9. The minimum Gasteiger partial charge on any atom is -0.378 e. The van der Waals surface area contributed by atoms with E-state index in [4.69, 9.17) is 5.73 Å². The average molecular weight is 418 g/mol. The van der Waals surface area contributed by atoms with Gasteiger partial charge in [0.1, 0.15) is 17.1 Å². The smallest absolute Gasteiger partial charge is 0.268 e. The van der Waals surface area contributed by atoms with Gasteiger partial charge >= 0.3 is 0 Å². The maximum atomic E-state index is 12.9. The number of aromatic nitrogens is 3. The van der Waals surface area contributed by atoms with Gasteiger partial charge in [-0.3, -0.25) is 9.36 Å². The predicted octanol–water partition coefficient (Wildman–Crippen LogP) is 3.19. The highest BCUT2D eigenvalue weighted by molar-refractivity contribution is 6.00. The van der Waals surface area contributed by atoms with E-state index >= 15 is 0 Å². The monoisotopic (exact) mass is 417 g/mol. The van der Waals surface area contributed by atoms with Gasteiger partial charge in [-0.1, -0.05) is 24.3 Å². The molecule has 0 bridgehead atoms. The van der Waals surface area contributed by atoms with E-state index in [0.29, 0.717) is 24.4 Å². The van der Waals surface area contributed by atoms with Crippen LogP contribution < -0.4 is 11.1 Å². The fourth-order valence-corrected chi connectivity index (χ4v) is 3.97. The normalized spacial score (nSPS) is 15.5. The first kappa shape index (κ1) is 20.9. The van der Waals surface area contributed by atoms with Gasteiger partial charge in [0, 0.05) is 23.2 Å². The Hall–Kier alpha value is -3.37. The van der Waals surface area contributed by atoms with Gasteiger partial charge in [-0.2, -0.15) is 4.98 Å². The molecule has 1 saturated carbocycles. The minimum atomic E-state index is -0.918. The molecule has 3 aromatic rings. The number of rotatable bonds is 3. The summed E-state index contributed by atoms with van der Waals surface area (Å²) >= 11 is 0. The van der Waals surface area contributed by atoms with Gasteiger partial charge in [-0.25, -0.2) is 4.98 Å². The van der Waals surface area contributed by atoms with Crippen molar-refractivity contribution in [3.05, 3.63) is 47.8 Å². The molecule has 4 N–H and O–H groups in total. The van der Waals surface area contributed by atoms with Crippen molar-refractivity contribution in [2.45, 2.75) is 57.6 Å². The van der Waals surface area contributed by atoms with Gasteiger partial charge in [-0.15, -0.1) is 0 Å². The van der Waals surface area contributed by atoms with Crippen LogP contribution in [-0.2, 0) is 0 Å². The largest absolute Gasteiger partial charge is 0.378 e. The van der Waals surface area contributed by atoms with Crippen molar-refractivity contribution in [3.63, 3.8) is 0 Å². The van der Waals surface area contributed by atoms with E-state index in [1.54, 1.807) is 16.8 Å². The summed E-state index contributed by atoms with van der Waals surface area (Å²) in [6.45, 7) is 3.83. The van der Waals surface area contributed by atoms with Crippen molar-refractivity contribution < 1.29 is 9.90 Å². The van der Waals surface area contributed by atoms with E-state index < -0.39 is 5.60 Å². The third-order valence-electron chi connectivity index (χ3n) is 5.47. The van der Waals surface area contributed by atoms with Crippen LogP contribution in [0, 0.1) is 11.8 Å². The number of anilines is 1. The highest BCUT2D eigenvalue weighted by Gasteiger charge is 2.26. The number of fused-ring (bicyclic) bond motifs is 1. The molecule has 0 unspecified atom stereocenters. The molecule has 1 aliphatic rings. The van der Waals surface area contributed by atoms with Gasteiger partial charge in [0.2, 0.25) is 5.95 Å². The van der Waals surface area contributed by atoms with Crippen molar-refractivity contribution >= 4 is 22.8 Å². The molecule has 0 aliphatic heterocycles. The summed E-state index contributed by atoms with van der Waals surface area (Å²) in [7, 11) is 0. The third-order valence-corrected chi connectivity index (χ3v) is 5.47. The Morgan fingerprint density at radius 3 is 2.71 bits per heavy atom. The lowest BCUT2D eigenvalue weighted by molar-refractivity contribution is 0.0610. The van der Waals surface area contributed by atoms with Gasteiger partial charge < -0.3 is 16.2 Å². The lowest BCUT2D eigenvalue weighted by Crippen LogP contribution is -2.31. The molecule has 1 fully saturated rings. The molecular formula is C24H27N5O2. The van der Waals surface area contributed by atoms with Crippen LogP contribution in [0.25, 0.3) is 16.7 Å². The zero-order valence-electron chi connectivity index (χ0n) is 17.9. The molecule has 1 aromatic carbocycles. The second-order valence-corrected chi connectivity index (χ2v) is 8.38. The zero-order chi connectivity index (χ0) is 22.0. The van der Waals surface area contributed by atoms with Crippen LogP contribution in [-0.4, -0.2) is 37.2 Å². The summed E-state index contributed by atoms with van der Waals surface area (Å²) in [4.78, 5) is 21.2. The Bertz CT molecular complexity index is 1180. The molecule has 31 heavy (non-hydrogen) atoms. The maximum Gasteiger partial charge on any atom is 0.268 e. The Labute approximate surface area is 181 Å². The molecule has 1 amide bonds. The van der Waals surface area contributed by atoms with Crippen molar-refractivity contribution in [1.82, 2.24) is 19.9 Å². The predicted molar refractivity (Wildman–Crippen MR) is 121 cm³/mol. The Morgan fingerprint density at radius 2 is 2.00 bits per heavy atom. The molecule has 4 rings (SSSR count). The second-order valence-electron chi connectivity index (χ2n) is 8.38. The number of carbonyl (C=O) groups is 1.